The van der Waals surface area contributed by atoms with Gasteiger partial charge < -0.3 is 4.74 Å². The fraction of sp³-hybridized carbons (Fsp3) is 0.600. The van der Waals surface area contributed by atoms with E-state index in [0.717, 1.165) is 32.1 Å². The number of unbranched alkanes of at least 4 members (excludes halogenated alkanes) is 6. The highest BCUT2D eigenvalue weighted by atomic mass is 19.2. The quantitative estimate of drug-likeness (QED) is 0.200. The Morgan fingerprint density at radius 2 is 1.26 bits per heavy atom. The minimum absolute atomic E-state index is 0.0321. The van der Waals surface area contributed by atoms with Gasteiger partial charge >= 0.3 is 0 Å². The monoisotopic (exact) mass is 492 g/mol. The molecular weight excluding hydrogens is 452 g/mol. The molecule has 1 nitrogen and oxygen atoms in total. The maximum atomic E-state index is 15.1. The van der Waals surface area contributed by atoms with Crippen molar-refractivity contribution < 1.29 is 22.3 Å². The Morgan fingerprint density at radius 3 is 1.94 bits per heavy atom. The predicted octanol–water partition coefficient (Wildman–Crippen LogP) is 10.1. The van der Waals surface area contributed by atoms with E-state index in [1.165, 1.54) is 63.1 Å². The second-order valence-corrected chi connectivity index (χ2v) is 10.0. The van der Waals surface area contributed by atoms with Crippen molar-refractivity contribution >= 4 is 0 Å². The maximum Gasteiger partial charge on any atom is 0.201 e. The van der Waals surface area contributed by atoms with Crippen molar-refractivity contribution in [1.29, 1.82) is 0 Å². The molecule has 1 fully saturated rings. The zero-order valence-electron chi connectivity index (χ0n) is 21.3. The van der Waals surface area contributed by atoms with Gasteiger partial charge in [0.15, 0.2) is 23.2 Å². The van der Waals surface area contributed by atoms with Crippen LogP contribution < -0.4 is 4.74 Å². The molecule has 2 aromatic carbocycles. The molecule has 0 bridgehead atoms. The van der Waals surface area contributed by atoms with Gasteiger partial charge in [0.1, 0.15) is 0 Å². The van der Waals surface area contributed by atoms with Crippen LogP contribution in [0.15, 0.2) is 24.3 Å². The van der Waals surface area contributed by atoms with Crippen LogP contribution in [0.3, 0.4) is 0 Å². The van der Waals surface area contributed by atoms with E-state index in [1.807, 2.05) is 6.92 Å². The van der Waals surface area contributed by atoms with Gasteiger partial charge in [-0.25, -0.2) is 13.2 Å². The summed E-state index contributed by atoms with van der Waals surface area (Å²) in [6.45, 7) is 4.46. The van der Waals surface area contributed by atoms with Crippen molar-refractivity contribution in [3.05, 3.63) is 53.1 Å². The van der Waals surface area contributed by atoms with Crippen molar-refractivity contribution in [2.24, 2.45) is 5.92 Å². The van der Waals surface area contributed by atoms with Gasteiger partial charge in [0.25, 0.3) is 0 Å². The molecule has 1 aliphatic carbocycles. The number of rotatable bonds is 13. The highest BCUT2D eigenvalue weighted by Gasteiger charge is 2.27. The highest BCUT2D eigenvalue weighted by Crippen LogP contribution is 2.41. The third kappa shape index (κ3) is 7.24. The van der Waals surface area contributed by atoms with Gasteiger partial charge in [-0.05, 0) is 61.6 Å². The molecule has 0 atom stereocenters. The zero-order valence-corrected chi connectivity index (χ0v) is 21.3. The summed E-state index contributed by atoms with van der Waals surface area (Å²) in [5, 5.41) is 0. The summed E-state index contributed by atoms with van der Waals surface area (Å²) in [7, 11) is 0. The lowest BCUT2D eigenvalue weighted by Gasteiger charge is -2.29. The lowest BCUT2D eigenvalue weighted by molar-refractivity contribution is 0.289. The van der Waals surface area contributed by atoms with Crippen LogP contribution in [0.25, 0.3) is 11.1 Å². The second kappa shape index (κ2) is 13.9. The fourth-order valence-electron chi connectivity index (χ4n) is 5.24. The average Bonchev–Trinajstić information content (AvgIpc) is 2.87. The third-order valence-electron chi connectivity index (χ3n) is 7.46. The van der Waals surface area contributed by atoms with E-state index in [2.05, 4.69) is 6.92 Å². The summed E-state index contributed by atoms with van der Waals surface area (Å²) in [5.74, 6) is -4.03. The number of hydrogen-bond donors (Lipinski definition) is 0. The molecule has 3 rings (SSSR count). The van der Waals surface area contributed by atoms with E-state index < -0.39 is 23.3 Å². The largest absolute Gasteiger partial charge is 0.490 e. The van der Waals surface area contributed by atoms with Gasteiger partial charge in [-0.2, -0.15) is 4.39 Å². The Balaban J connectivity index is 1.62. The Morgan fingerprint density at radius 1 is 0.657 bits per heavy atom. The van der Waals surface area contributed by atoms with Crippen molar-refractivity contribution in [2.75, 3.05) is 6.61 Å². The van der Waals surface area contributed by atoms with Gasteiger partial charge in [0, 0.05) is 11.1 Å². The first kappa shape index (κ1) is 27.5. The number of ether oxygens (including phenoxy) is 1. The van der Waals surface area contributed by atoms with Crippen molar-refractivity contribution in [3.8, 4) is 16.9 Å². The highest BCUT2D eigenvalue weighted by molar-refractivity contribution is 5.66. The fourth-order valence-corrected chi connectivity index (χ4v) is 5.24. The maximum absolute atomic E-state index is 15.1. The first-order valence-electron chi connectivity index (χ1n) is 13.6. The molecule has 1 aliphatic rings. The van der Waals surface area contributed by atoms with E-state index >= 15 is 8.78 Å². The summed E-state index contributed by atoms with van der Waals surface area (Å²) < 4.78 is 64.6. The number of benzene rings is 2. The van der Waals surface area contributed by atoms with Crippen molar-refractivity contribution in [2.45, 2.75) is 103 Å². The van der Waals surface area contributed by atoms with Crippen LogP contribution in [-0.4, -0.2) is 6.61 Å². The van der Waals surface area contributed by atoms with Crippen molar-refractivity contribution in [1.82, 2.24) is 0 Å². The van der Waals surface area contributed by atoms with Crippen LogP contribution in [0.5, 0.6) is 5.75 Å². The van der Waals surface area contributed by atoms with E-state index in [0.29, 0.717) is 17.9 Å². The molecule has 35 heavy (non-hydrogen) atoms. The van der Waals surface area contributed by atoms with E-state index in [-0.39, 0.29) is 29.4 Å². The normalized spacial score (nSPS) is 18.1. The van der Waals surface area contributed by atoms with E-state index in [4.69, 9.17) is 4.74 Å². The van der Waals surface area contributed by atoms with Crippen molar-refractivity contribution in [3.63, 3.8) is 0 Å². The molecule has 1 saturated carbocycles. The van der Waals surface area contributed by atoms with Crippen LogP contribution in [0.2, 0.25) is 0 Å². The summed E-state index contributed by atoms with van der Waals surface area (Å²) in [5.41, 5.74) is -0.208. The standard InChI is InChI=1S/C30H40F4O/c1-3-5-7-8-9-10-11-21-12-14-22(15-13-21)23-16-17-24(28(32)27(23)31)25-18-19-26(30(34)29(25)33)35-20-6-4-2/h16-19,21-22H,3-15,20H2,1-2H3. The SMILES string of the molecule is CCCCCCCCC1CCC(c2ccc(-c3ccc(OCCCC)c(F)c3F)c(F)c2F)CC1. The third-order valence-corrected chi connectivity index (χ3v) is 7.46. The molecule has 0 aliphatic heterocycles. The molecule has 5 heteroatoms. The lowest BCUT2D eigenvalue weighted by atomic mass is 9.76. The molecule has 0 spiro atoms. The molecule has 0 aromatic heterocycles. The Bertz CT molecular complexity index is 934. The summed E-state index contributed by atoms with van der Waals surface area (Å²) in [6, 6.07) is 5.46. The van der Waals surface area contributed by atoms with E-state index in [9.17, 15) is 8.78 Å². The first-order valence-corrected chi connectivity index (χ1v) is 13.6. The Kier molecular flexibility index (Phi) is 10.9. The van der Waals surface area contributed by atoms with Gasteiger partial charge in [-0.15, -0.1) is 0 Å². The number of halogens is 4. The molecular formula is C30H40F4O. The van der Waals surface area contributed by atoms with Crippen LogP contribution in [0.1, 0.15) is 109 Å². The van der Waals surface area contributed by atoms with Crippen LogP contribution in [0.4, 0.5) is 17.6 Å². The zero-order chi connectivity index (χ0) is 25.2. The average molecular weight is 493 g/mol. The molecule has 0 N–H and O–H groups in total. The number of hydrogen-bond acceptors (Lipinski definition) is 1. The molecule has 0 heterocycles. The minimum Gasteiger partial charge on any atom is -0.490 e. The van der Waals surface area contributed by atoms with Gasteiger partial charge in [-0.1, -0.05) is 77.3 Å². The van der Waals surface area contributed by atoms with Gasteiger partial charge in [0.2, 0.25) is 5.82 Å². The minimum atomic E-state index is -1.22. The van der Waals surface area contributed by atoms with Crippen LogP contribution >= 0.6 is 0 Å². The first-order chi connectivity index (χ1) is 17.0. The molecule has 0 amide bonds. The molecule has 0 radical (unpaired) electrons. The lowest BCUT2D eigenvalue weighted by Crippen LogP contribution is -2.15. The smallest absolute Gasteiger partial charge is 0.201 e. The second-order valence-electron chi connectivity index (χ2n) is 10.0. The molecule has 2 aromatic rings. The summed E-state index contributed by atoms with van der Waals surface area (Å²) in [6.07, 6.45) is 14.3. The topological polar surface area (TPSA) is 9.23 Å². The Labute approximate surface area is 208 Å². The summed E-state index contributed by atoms with van der Waals surface area (Å²) in [4.78, 5) is 0. The summed E-state index contributed by atoms with van der Waals surface area (Å²) >= 11 is 0. The Hall–Kier alpha value is -2.04. The van der Waals surface area contributed by atoms with Gasteiger partial charge in [-0.3, -0.25) is 0 Å². The molecule has 0 unspecified atom stereocenters. The van der Waals surface area contributed by atoms with E-state index in [1.54, 1.807) is 6.07 Å². The molecule has 0 saturated heterocycles. The molecule has 194 valence electrons. The van der Waals surface area contributed by atoms with Crippen LogP contribution in [0, 0.1) is 29.2 Å². The predicted molar refractivity (Wildman–Crippen MR) is 135 cm³/mol. The van der Waals surface area contributed by atoms with Gasteiger partial charge in [0.05, 0.1) is 6.61 Å². The van der Waals surface area contributed by atoms with Crippen LogP contribution in [-0.2, 0) is 0 Å².